The molecule has 1 heterocycles. The maximum atomic E-state index is 11.0. The molecule has 90 valence electrons. The molecule has 0 saturated carbocycles. The van der Waals surface area contributed by atoms with Crippen LogP contribution in [-0.4, -0.2) is 23.4 Å². The molecule has 1 aromatic carbocycles. The Bertz CT molecular complexity index is 550. The number of carbonyl (C=O) groups excluding carboxylic acids is 1. The second-order valence-corrected chi connectivity index (χ2v) is 4.79. The number of primary amides is 1. The number of benzene rings is 1. The van der Waals surface area contributed by atoms with Crippen LogP contribution in [0.1, 0.15) is 12.5 Å². The SMILES string of the molecule is CCN(CC(N)=O)c1nsc2ccc(C)cc12. The lowest BCUT2D eigenvalue weighted by atomic mass is 10.2. The van der Waals surface area contributed by atoms with Crippen molar-refractivity contribution in [2.75, 3.05) is 18.0 Å². The average Bonchev–Trinajstić information content (AvgIpc) is 2.68. The van der Waals surface area contributed by atoms with Crippen LogP contribution in [-0.2, 0) is 4.79 Å². The number of likely N-dealkylation sites (N-methyl/N-ethyl adjacent to an activating group) is 1. The number of nitrogens with zero attached hydrogens (tertiary/aromatic N) is 2. The first-order valence-electron chi connectivity index (χ1n) is 5.51. The fourth-order valence-corrected chi connectivity index (χ4v) is 2.57. The van der Waals surface area contributed by atoms with E-state index in [1.165, 1.54) is 17.1 Å². The molecule has 0 aliphatic rings. The van der Waals surface area contributed by atoms with E-state index in [-0.39, 0.29) is 12.5 Å². The lowest BCUT2D eigenvalue weighted by molar-refractivity contribution is -0.116. The van der Waals surface area contributed by atoms with Crippen molar-refractivity contribution in [2.24, 2.45) is 5.73 Å². The average molecular weight is 249 g/mol. The molecule has 0 aliphatic carbocycles. The quantitative estimate of drug-likeness (QED) is 0.900. The maximum absolute atomic E-state index is 11.0. The smallest absolute Gasteiger partial charge is 0.236 e. The van der Waals surface area contributed by atoms with Crippen molar-refractivity contribution in [2.45, 2.75) is 13.8 Å². The minimum Gasteiger partial charge on any atom is -0.368 e. The lowest BCUT2D eigenvalue weighted by Crippen LogP contribution is -2.33. The normalized spacial score (nSPS) is 10.7. The first kappa shape index (κ1) is 11.9. The van der Waals surface area contributed by atoms with Gasteiger partial charge in [0.05, 0.1) is 11.2 Å². The van der Waals surface area contributed by atoms with Gasteiger partial charge in [0.25, 0.3) is 0 Å². The largest absolute Gasteiger partial charge is 0.368 e. The number of fused-ring (bicyclic) bond motifs is 1. The Hall–Kier alpha value is -1.62. The summed E-state index contributed by atoms with van der Waals surface area (Å²) >= 11 is 1.45. The number of amides is 1. The Morgan fingerprint density at radius 3 is 2.94 bits per heavy atom. The van der Waals surface area contributed by atoms with Gasteiger partial charge in [-0.15, -0.1) is 0 Å². The Morgan fingerprint density at radius 2 is 2.29 bits per heavy atom. The molecule has 1 amide bonds. The zero-order valence-corrected chi connectivity index (χ0v) is 10.8. The van der Waals surface area contributed by atoms with Crippen molar-refractivity contribution in [3.8, 4) is 0 Å². The number of hydrogen-bond acceptors (Lipinski definition) is 4. The molecule has 0 aliphatic heterocycles. The third-order valence-corrected chi connectivity index (χ3v) is 3.45. The minimum atomic E-state index is -0.333. The van der Waals surface area contributed by atoms with E-state index >= 15 is 0 Å². The predicted molar refractivity (Wildman–Crippen MR) is 71.4 cm³/mol. The molecule has 0 bridgehead atoms. The molecule has 2 N–H and O–H groups in total. The fourth-order valence-electron chi connectivity index (χ4n) is 1.79. The molecule has 0 spiro atoms. The zero-order chi connectivity index (χ0) is 12.4. The summed E-state index contributed by atoms with van der Waals surface area (Å²) in [5.74, 6) is 0.524. The van der Waals surface area contributed by atoms with E-state index < -0.39 is 0 Å². The van der Waals surface area contributed by atoms with Crippen molar-refractivity contribution >= 4 is 33.3 Å². The van der Waals surface area contributed by atoms with Crippen LogP contribution in [0.25, 0.3) is 10.1 Å². The van der Waals surface area contributed by atoms with E-state index in [0.717, 1.165) is 22.4 Å². The van der Waals surface area contributed by atoms with Crippen molar-refractivity contribution in [3.63, 3.8) is 0 Å². The van der Waals surface area contributed by atoms with Gasteiger partial charge in [-0.2, -0.15) is 4.37 Å². The third-order valence-electron chi connectivity index (χ3n) is 2.63. The number of aryl methyl sites for hydroxylation is 1. The molecular weight excluding hydrogens is 234 g/mol. The number of nitrogens with two attached hydrogens (primary N) is 1. The monoisotopic (exact) mass is 249 g/mol. The van der Waals surface area contributed by atoms with E-state index in [1.807, 2.05) is 18.7 Å². The van der Waals surface area contributed by atoms with Gasteiger partial charge in [0.2, 0.25) is 5.91 Å². The van der Waals surface area contributed by atoms with Crippen LogP contribution in [0.15, 0.2) is 18.2 Å². The molecule has 2 rings (SSSR count). The van der Waals surface area contributed by atoms with Crippen LogP contribution < -0.4 is 10.6 Å². The van der Waals surface area contributed by atoms with Gasteiger partial charge in [-0.1, -0.05) is 11.6 Å². The first-order chi connectivity index (χ1) is 8.11. The van der Waals surface area contributed by atoms with Crippen LogP contribution in [0.5, 0.6) is 0 Å². The Labute approximate surface area is 104 Å². The predicted octanol–water partition coefficient (Wildman–Crippen LogP) is 1.92. The van der Waals surface area contributed by atoms with Crippen molar-refractivity contribution in [3.05, 3.63) is 23.8 Å². The Balaban J connectivity index is 2.46. The number of hydrogen-bond donors (Lipinski definition) is 1. The molecule has 0 radical (unpaired) electrons. The summed E-state index contributed by atoms with van der Waals surface area (Å²) < 4.78 is 5.55. The summed E-state index contributed by atoms with van der Waals surface area (Å²) in [6.45, 7) is 4.97. The van der Waals surface area contributed by atoms with E-state index in [4.69, 9.17) is 5.73 Å². The summed E-state index contributed by atoms with van der Waals surface area (Å²) in [5.41, 5.74) is 6.43. The van der Waals surface area contributed by atoms with Crippen LogP contribution in [0, 0.1) is 6.92 Å². The maximum Gasteiger partial charge on any atom is 0.236 e. The first-order valence-corrected chi connectivity index (χ1v) is 6.28. The molecule has 5 heteroatoms. The molecule has 0 unspecified atom stereocenters. The minimum absolute atomic E-state index is 0.212. The van der Waals surface area contributed by atoms with Crippen LogP contribution in [0.3, 0.4) is 0 Å². The molecule has 4 nitrogen and oxygen atoms in total. The second kappa shape index (κ2) is 4.71. The van der Waals surface area contributed by atoms with E-state index in [1.54, 1.807) is 0 Å². The number of carbonyl (C=O) groups is 1. The fraction of sp³-hybridized carbons (Fsp3) is 0.333. The van der Waals surface area contributed by atoms with Crippen molar-refractivity contribution in [1.29, 1.82) is 0 Å². The van der Waals surface area contributed by atoms with E-state index in [9.17, 15) is 4.79 Å². The second-order valence-electron chi connectivity index (χ2n) is 3.99. The molecule has 0 atom stereocenters. The molecule has 0 fully saturated rings. The number of anilines is 1. The van der Waals surface area contributed by atoms with Crippen molar-refractivity contribution < 1.29 is 4.79 Å². The molecule has 2 aromatic rings. The van der Waals surface area contributed by atoms with Gasteiger partial charge in [-0.25, -0.2) is 0 Å². The summed E-state index contributed by atoms with van der Waals surface area (Å²) in [4.78, 5) is 12.9. The summed E-state index contributed by atoms with van der Waals surface area (Å²) in [7, 11) is 0. The summed E-state index contributed by atoms with van der Waals surface area (Å²) in [6.07, 6.45) is 0. The number of rotatable bonds is 4. The Morgan fingerprint density at radius 1 is 1.53 bits per heavy atom. The van der Waals surface area contributed by atoms with Crippen LogP contribution in [0.2, 0.25) is 0 Å². The number of aromatic nitrogens is 1. The van der Waals surface area contributed by atoms with Crippen LogP contribution in [0.4, 0.5) is 5.82 Å². The standard InChI is InChI=1S/C12H15N3OS/c1-3-15(7-11(13)16)12-9-6-8(2)4-5-10(9)17-14-12/h4-6H,3,7H2,1-2H3,(H2,13,16). The molecule has 0 saturated heterocycles. The van der Waals surface area contributed by atoms with Gasteiger partial charge in [0, 0.05) is 11.9 Å². The molecule has 17 heavy (non-hydrogen) atoms. The highest BCUT2D eigenvalue weighted by atomic mass is 32.1. The van der Waals surface area contributed by atoms with Gasteiger partial charge in [-0.3, -0.25) is 4.79 Å². The van der Waals surface area contributed by atoms with E-state index in [0.29, 0.717) is 0 Å². The van der Waals surface area contributed by atoms with Crippen LogP contribution >= 0.6 is 11.5 Å². The summed E-state index contributed by atoms with van der Waals surface area (Å²) in [6, 6.07) is 6.22. The highest BCUT2D eigenvalue weighted by molar-refractivity contribution is 7.13. The highest BCUT2D eigenvalue weighted by Gasteiger charge is 2.14. The van der Waals surface area contributed by atoms with Crippen molar-refractivity contribution in [1.82, 2.24) is 4.37 Å². The Kier molecular flexibility index (Phi) is 3.28. The lowest BCUT2D eigenvalue weighted by Gasteiger charge is -2.18. The molecular formula is C12H15N3OS. The van der Waals surface area contributed by atoms with Gasteiger partial charge >= 0.3 is 0 Å². The van der Waals surface area contributed by atoms with Gasteiger partial charge in [-0.05, 0) is 37.5 Å². The van der Waals surface area contributed by atoms with Gasteiger partial charge < -0.3 is 10.6 Å². The van der Waals surface area contributed by atoms with Gasteiger partial charge in [0.15, 0.2) is 5.82 Å². The third kappa shape index (κ3) is 2.39. The summed E-state index contributed by atoms with van der Waals surface area (Å²) in [5, 5.41) is 1.10. The topological polar surface area (TPSA) is 59.2 Å². The highest BCUT2D eigenvalue weighted by Crippen LogP contribution is 2.30. The van der Waals surface area contributed by atoms with Gasteiger partial charge in [0.1, 0.15) is 0 Å². The zero-order valence-electron chi connectivity index (χ0n) is 9.93. The molecule has 1 aromatic heterocycles. The van der Waals surface area contributed by atoms with E-state index in [2.05, 4.69) is 22.6 Å².